The normalized spacial score (nSPS) is 20.0. The first-order valence-electron chi connectivity index (χ1n) is 9.57. The van der Waals surface area contributed by atoms with Crippen molar-refractivity contribution in [1.82, 2.24) is 14.3 Å². The summed E-state index contributed by atoms with van der Waals surface area (Å²) in [5.41, 5.74) is 4.37. The lowest BCUT2D eigenvalue weighted by atomic mass is 9.92. The number of aliphatic hydroxyl groups excluding tert-OH is 1. The summed E-state index contributed by atoms with van der Waals surface area (Å²) in [5, 5.41) is 8.58. The monoisotopic (exact) mass is 477 g/mol. The second-order valence-corrected chi connectivity index (χ2v) is 9.24. The van der Waals surface area contributed by atoms with E-state index in [2.05, 4.69) is 26.8 Å². The minimum Gasteiger partial charge on any atom is -0.463 e. The van der Waals surface area contributed by atoms with Gasteiger partial charge in [0.15, 0.2) is 12.4 Å². The van der Waals surface area contributed by atoms with Crippen LogP contribution in [0, 0.1) is 17.7 Å². The van der Waals surface area contributed by atoms with Crippen LogP contribution in [-0.4, -0.2) is 59.8 Å². The van der Waals surface area contributed by atoms with Crippen LogP contribution in [0.1, 0.15) is 23.7 Å². The standard InChI is InChI=1S/C21H21F2N5O4S/c1-21(13-33(30,31)28(2)20(24)27-21)15-9-14(5-6-16(15)22)10-17(23)18-11-26-19(12-25-18)32-8-4-3-7-29/h5-6,9-12,29H,7-8,13H2,1-2H3,(H2,24,27). The lowest BCUT2D eigenvalue weighted by Crippen LogP contribution is -2.50. The number of aromatic nitrogens is 2. The summed E-state index contributed by atoms with van der Waals surface area (Å²) in [4.78, 5) is 12.0. The number of hydrogen-bond donors (Lipinski definition) is 2. The highest BCUT2D eigenvalue weighted by molar-refractivity contribution is 7.89. The number of aliphatic imine (C=N–C) groups is 1. The van der Waals surface area contributed by atoms with Crippen LogP contribution in [0.15, 0.2) is 35.6 Å². The third kappa shape index (κ3) is 5.44. The quantitative estimate of drug-likeness (QED) is 0.620. The Hall–Kier alpha value is -3.56. The Morgan fingerprint density at radius 2 is 2.12 bits per heavy atom. The summed E-state index contributed by atoms with van der Waals surface area (Å²) >= 11 is 0. The fourth-order valence-electron chi connectivity index (χ4n) is 3.08. The Labute approximate surface area is 189 Å². The van der Waals surface area contributed by atoms with Crippen LogP contribution in [0.25, 0.3) is 11.9 Å². The van der Waals surface area contributed by atoms with Gasteiger partial charge in [-0.25, -0.2) is 36.5 Å². The minimum absolute atomic E-state index is 0.0114. The molecule has 0 saturated carbocycles. The molecule has 12 heteroatoms. The van der Waals surface area contributed by atoms with Gasteiger partial charge in [0.1, 0.15) is 23.7 Å². The van der Waals surface area contributed by atoms with Crippen LogP contribution in [0.5, 0.6) is 5.88 Å². The Kier molecular flexibility index (Phi) is 6.95. The van der Waals surface area contributed by atoms with Crippen LogP contribution in [0.2, 0.25) is 0 Å². The summed E-state index contributed by atoms with van der Waals surface area (Å²) in [6.45, 7) is 1.14. The molecule has 0 amide bonds. The van der Waals surface area contributed by atoms with Crippen molar-refractivity contribution in [1.29, 1.82) is 0 Å². The molecule has 33 heavy (non-hydrogen) atoms. The van der Waals surface area contributed by atoms with Crippen LogP contribution in [0.4, 0.5) is 8.78 Å². The van der Waals surface area contributed by atoms with Crippen LogP contribution in [0.3, 0.4) is 0 Å². The van der Waals surface area contributed by atoms with Gasteiger partial charge in [0.25, 0.3) is 0 Å². The molecular formula is C21H21F2N5O4S. The third-order valence-corrected chi connectivity index (χ3v) is 6.75. The first-order valence-corrected chi connectivity index (χ1v) is 11.2. The molecule has 1 aliphatic rings. The molecule has 0 saturated heterocycles. The number of aliphatic hydroxyl groups is 1. The molecule has 0 aliphatic carbocycles. The van der Waals surface area contributed by atoms with Crippen molar-refractivity contribution in [2.75, 3.05) is 26.0 Å². The second kappa shape index (κ2) is 9.51. The number of sulfonamides is 1. The minimum atomic E-state index is -3.81. The average Bonchev–Trinajstić information content (AvgIpc) is 2.76. The van der Waals surface area contributed by atoms with Crippen molar-refractivity contribution in [2.45, 2.75) is 12.5 Å². The van der Waals surface area contributed by atoms with Gasteiger partial charge in [0.05, 0.1) is 18.1 Å². The number of benzene rings is 1. The molecule has 3 N–H and O–H groups in total. The topological polar surface area (TPSA) is 131 Å². The first-order chi connectivity index (χ1) is 15.6. The Morgan fingerprint density at radius 3 is 2.76 bits per heavy atom. The van der Waals surface area contributed by atoms with E-state index in [1.54, 1.807) is 0 Å². The lowest BCUT2D eigenvalue weighted by Gasteiger charge is -2.34. The maximum absolute atomic E-state index is 14.7. The summed E-state index contributed by atoms with van der Waals surface area (Å²) < 4.78 is 60.2. The molecule has 0 radical (unpaired) electrons. The van der Waals surface area contributed by atoms with Crippen molar-refractivity contribution in [2.24, 2.45) is 10.7 Å². The Bertz CT molecular complexity index is 1270. The van der Waals surface area contributed by atoms with Crippen molar-refractivity contribution in [3.63, 3.8) is 0 Å². The van der Waals surface area contributed by atoms with Crippen molar-refractivity contribution >= 4 is 27.9 Å². The molecule has 1 aliphatic heterocycles. The van der Waals surface area contributed by atoms with Gasteiger partial charge in [0.2, 0.25) is 21.9 Å². The van der Waals surface area contributed by atoms with Crippen LogP contribution in [-0.2, 0) is 15.6 Å². The average molecular weight is 477 g/mol. The number of guanidine groups is 1. The Morgan fingerprint density at radius 1 is 1.36 bits per heavy atom. The van der Waals surface area contributed by atoms with E-state index in [1.165, 1.54) is 32.3 Å². The van der Waals surface area contributed by atoms with Crippen molar-refractivity contribution < 1.29 is 27.0 Å². The van der Waals surface area contributed by atoms with Gasteiger partial charge in [-0.15, -0.1) is 0 Å². The zero-order valence-electron chi connectivity index (χ0n) is 17.8. The molecule has 174 valence electrons. The van der Waals surface area contributed by atoms with E-state index in [1.807, 2.05) is 0 Å². The number of ether oxygens (including phenoxy) is 1. The number of nitrogens with two attached hydrogens (primary N) is 1. The van der Waals surface area contributed by atoms with Gasteiger partial charge in [-0.05, 0) is 30.7 Å². The van der Waals surface area contributed by atoms with Gasteiger partial charge >= 0.3 is 0 Å². The van der Waals surface area contributed by atoms with Crippen molar-refractivity contribution in [3.8, 4) is 17.7 Å². The van der Waals surface area contributed by atoms with E-state index in [4.69, 9.17) is 15.6 Å². The number of halogens is 2. The summed E-state index contributed by atoms with van der Waals surface area (Å²) in [6.07, 6.45) is 3.47. The van der Waals surface area contributed by atoms with E-state index < -0.39 is 33.0 Å². The van der Waals surface area contributed by atoms with Gasteiger partial charge in [0, 0.05) is 12.6 Å². The zero-order valence-corrected chi connectivity index (χ0v) is 18.6. The lowest BCUT2D eigenvalue weighted by molar-refractivity contribution is 0.344. The van der Waals surface area contributed by atoms with E-state index in [0.717, 1.165) is 22.6 Å². The summed E-state index contributed by atoms with van der Waals surface area (Å²) in [6, 6.07) is 3.76. The molecule has 2 aromatic rings. The van der Waals surface area contributed by atoms with Crippen LogP contribution < -0.4 is 10.5 Å². The summed E-state index contributed by atoms with van der Waals surface area (Å²) in [5.74, 6) is 2.85. The fourth-order valence-corrected chi connectivity index (χ4v) is 4.53. The number of hydrogen-bond acceptors (Lipinski definition) is 8. The van der Waals surface area contributed by atoms with Gasteiger partial charge in [-0.2, -0.15) is 0 Å². The van der Waals surface area contributed by atoms with Gasteiger partial charge in [-0.3, -0.25) is 0 Å². The highest BCUT2D eigenvalue weighted by atomic mass is 32.2. The molecule has 9 nitrogen and oxygen atoms in total. The van der Waals surface area contributed by atoms with E-state index in [9.17, 15) is 17.2 Å². The third-order valence-electron chi connectivity index (χ3n) is 4.80. The highest BCUT2D eigenvalue weighted by Gasteiger charge is 2.41. The van der Waals surface area contributed by atoms with Gasteiger partial charge in [-0.1, -0.05) is 17.9 Å². The molecule has 1 aromatic carbocycles. The summed E-state index contributed by atoms with van der Waals surface area (Å²) in [7, 11) is -2.54. The predicted molar refractivity (Wildman–Crippen MR) is 118 cm³/mol. The molecular weight excluding hydrogens is 456 g/mol. The van der Waals surface area contributed by atoms with Crippen LogP contribution >= 0.6 is 0 Å². The smallest absolute Gasteiger partial charge is 0.239 e. The molecule has 1 atom stereocenters. The molecule has 0 spiro atoms. The fraction of sp³-hybridized carbons (Fsp3) is 0.286. The molecule has 0 bridgehead atoms. The predicted octanol–water partition coefficient (Wildman–Crippen LogP) is 1.26. The Balaban J connectivity index is 1.88. The van der Waals surface area contributed by atoms with E-state index in [-0.39, 0.29) is 41.9 Å². The van der Waals surface area contributed by atoms with E-state index in [0.29, 0.717) is 0 Å². The van der Waals surface area contributed by atoms with Crippen molar-refractivity contribution in [3.05, 3.63) is 53.2 Å². The molecule has 0 fully saturated rings. The van der Waals surface area contributed by atoms with E-state index >= 15 is 0 Å². The number of rotatable bonds is 5. The molecule has 2 heterocycles. The largest absolute Gasteiger partial charge is 0.463 e. The molecule has 1 unspecified atom stereocenters. The zero-order chi connectivity index (χ0) is 24.2. The van der Waals surface area contributed by atoms with Gasteiger partial charge < -0.3 is 15.6 Å². The second-order valence-electron chi connectivity index (χ2n) is 7.24. The number of nitrogens with zero attached hydrogens (tertiary/aromatic N) is 4. The molecule has 3 rings (SSSR count). The maximum atomic E-state index is 14.7. The SMILES string of the molecule is CN1C(N)=NC(C)(c2cc(C=C(F)c3cnc(OCC#CCO)cn3)ccc2F)CS1(=O)=O. The first kappa shape index (κ1) is 24.1. The molecule has 1 aromatic heterocycles. The maximum Gasteiger partial charge on any atom is 0.239 e. The highest BCUT2D eigenvalue weighted by Crippen LogP contribution is 2.34.